The molecule has 0 amide bonds. The highest BCUT2D eigenvalue weighted by molar-refractivity contribution is 5.66. The quantitative estimate of drug-likeness (QED) is 0.872. The lowest BCUT2D eigenvalue weighted by Gasteiger charge is -2.07. The molecule has 94 valence electrons. The van der Waals surface area contributed by atoms with Crippen molar-refractivity contribution in [2.75, 3.05) is 6.61 Å². The minimum Gasteiger partial charge on any atom is -0.508 e. The van der Waals surface area contributed by atoms with Crippen LogP contribution in [-0.4, -0.2) is 11.7 Å². The van der Waals surface area contributed by atoms with Crippen LogP contribution in [0.4, 0.5) is 0 Å². The van der Waals surface area contributed by atoms with Crippen molar-refractivity contribution in [3.05, 3.63) is 48.0 Å². The highest BCUT2D eigenvalue weighted by atomic mass is 16.5. The van der Waals surface area contributed by atoms with Crippen molar-refractivity contribution in [3.63, 3.8) is 0 Å². The average molecular weight is 242 g/mol. The molecule has 0 saturated carbocycles. The van der Waals surface area contributed by atoms with Crippen molar-refractivity contribution in [3.8, 4) is 22.6 Å². The van der Waals surface area contributed by atoms with E-state index in [0.29, 0.717) is 5.75 Å². The van der Waals surface area contributed by atoms with Crippen LogP contribution in [0.1, 0.15) is 18.9 Å². The highest BCUT2D eigenvalue weighted by Crippen LogP contribution is 2.26. The van der Waals surface area contributed by atoms with Gasteiger partial charge in [0.2, 0.25) is 0 Å². The summed E-state index contributed by atoms with van der Waals surface area (Å²) in [7, 11) is 0. The fourth-order valence-electron chi connectivity index (χ4n) is 1.80. The Balaban J connectivity index is 2.20. The summed E-state index contributed by atoms with van der Waals surface area (Å²) < 4.78 is 5.55. The van der Waals surface area contributed by atoms with Gasteiger partial charge < -0.3 is 9.84 Å². The van der Waals surface area contributed by atoms with Crippen LogP contribution in [0.25, 0.3) is 11.1 Å². The fourth-order valence-corrected chi connectivity index (χ4v) is 1.80. The molecule has 0 radical (unpaired) electrons. The zero-order valence-corrected chi connectivity index (χ0v) is 10.8. The molecule has 0 fully saturated rings. The predicted molar refractivity (Wildman–Crippen MR) is 74.1 cm³/mol. The summed E-state index contributed by atoms with van der Waals surface area (Å²) in [6, 6.07) is 13.7. The van der Waals surface area contributed by atoms with Crippen LogP contribution < -0.4 is 4.74 Å². The number of rotatable bonds is 4. The Morgan fingerprint density at radius 1 is 1.00 bits per heavy atom. The smallest absolute Gasteiger partial charge is 0.119 e. The maximum atomic E-state index is 9.51. The molecule has 0 atom stereocenters. The zero-order chi connectivity index (χ0) is 13.0. The summed E-state index contributed by atoms with van der Waals surface area (Å²) in [6.45, 7) is 4.74. The van der Waals surface area contributed by atoms with E-state index < -0.39 is 0 Å². The first-order valence-corrected chi connectivity index (χ1v) is 6.23. The lowest BCUT2D eigenvalue weighted by Crippen LogP contribution is -1.94. The second-order valence-corrected chi connectivity index (χ2v) is 4.37. The Labute approximate surface area is 108 Å². The van der Waals surface area contributed by atoms with Gasteiger partial charge in [0.05, 0.1) is 6.61 Å². The second kappa shape index (κ2) is 5.58. The third-order valence-corrected chi connectivity index (χ3v) is 2.86. The molecule has 0 unspecified atom stereocenters. The van der Waals surface area contributed by atoms with Gasteiger partial charge in [-0.3, -0.25) is 0 Å². The Hall–Kier alpha value is -1.96. The molecule has 0 saturated heterocycles. The van der Waals surface area contributed by atoms with Crippen molar-refractivity contribution in [2.45, 2.75) is 20.3 Å². The fraction of sp³-hybridized carbons (Fsp3) is 0.250. The number of hydrogen-bond donors (Lipinski definition) is 1. The maximum Gasteiger partial charge on any atom is 0.119 e. The van der Waals surface area contributed by atoms with Crippen molar-refractivity contribution >= 4 is 0 Å². The summed E-state index contributed by atoms with van der Waals surface area (Å²) >= 11 is 0. The van der Waals surface area contributed by atoms with Crippen LogP contribution in [0.2, 0.25) is 0 Å². The van der Waals surface area contributed by atoms with Crippen LogP contribution in [0.5, 0.6) is 11.5 Å². The molecule has 0 aliphatic heterocycles. The maximum absolute atomic E-state index is 9.51. The number of ether oxygens (including phenoxy) is 1. The molecule has 2 heteroatoms. The van der Waals surface area contributed by atoms with Gasteiger partial charge in [-0.25, -0.2) is 0 Å². The molecule has 1 N–H and O–H groups in total. The first-order valence-electron chi connectivity index (χ1n) is 6.23. The van der Waals surface area contributed by atoms with Gasteiger partial charge >= 0.3 is 0 Å². The van der Waals surface area contributed by atoms with Crippen LogP contribution in [-0.2, 0) is 0 Å². The number of hydrogen-bond acceptors (Lipinski definition) is 2. The van der Waals surface area contributed by atoms with Crippen LogP contribution in [0.3, 0.4) is 0 Å². The molecular weight excluding hydrogens is 224 g/mol. The van der Waals surface area contributed by atoms with E-state index in [1.165, 1.54) is 0 Å². The molecule has 0 spiro atoms. The van der Waals surface area contributed by atoms with Crippen LogP contribution in [0, 0.1) is 6.92 Å². The SMILES string of the molecule is CCCOc1ccc(-c2ccc(O)c(C)c2)cc1. The van der Waals surface area contributed by atoms with E-state index in [1.54, 1.807) is 6.07 Å². The van der Waals surface area contributed by atoms with E-state index in [0.717, 1.165) is 35.5 Å². The number of aryl methyl sites for hydroxylation is 1. The van der Waals surface area contributed by atoms with Gasteiger partial charge in [0, 0.05) is 0 Å². The first-order chi connectivity index (χ1) is 8.70. The molecule has 0 heterocycles. The van der Waals surface area contributed by atoms with Gasteiger partial charge in [0.25, 0.3) is 0 Å². The summed E-state index contributed by atoms with van der Waals surface area (Å²) in [6.07, 6.45) is 1.01. The largest absolute Gasteiger partial charge is 0.508 e. The molecule has 2 rings (SSSR count). The Bertz CT molecular complexity index is 515. The monoisotopic (exact) mass is 242 g/mol. The molecule has 18 heavy (non-hydrogen) atoms. The normalized spacial score (nSPS) is 10.3. The van der Waals surface area contributed by atoms with Crippen molar-refractivity contribution in [1.82, 2.24) is 0 Å². The molecule has 0 bridgehead atoms. The summed E-state index contributed by atoms with van der Waals surface area (Å²) in [5.41, 5.74) is 3.12. The molecule has 2 aromatic carbocycles. The van der Waals surface area contributed by atoms with Crippen LogP contribution >= 0.6 is 0 Å². The predicted octanol–water partition coefficient (Wildman–Crippen LogP) is 4.16. The standard InChI is InChI=1S/C16H18O2/c1-3-10-18-15-7-4-13(5-8-15)14-6-9-16(17)12(2)11-14/h4-9,11,17H,3,10H2,1-2H3. The number of benzene rings is 2. The van der Waals surface area contributed by atoms with E-state index in [2.05, 4.69) is 6.92 Å². The van der Waals surface area contributed by atoms with Gasteiger partial charge in [-0.1, -0.05) is 25.1 Å². The van der Waals surface area contributed by atoms with E-state index in [-0.39, 0.29) is 0 Å². The summed E-state index contributed by atoms with van der Waals surface area (Å²) in [5.74, 6) is 1.23. The summed E-state index contributed by atoms with van der Waals surface area (Å²) in [4.78, 5) is 0. The minimum atomic E-state index is 0.335. The molecule has 2 aromatic rings. The van der Waals surface area contributed by atoms with Crippen molar-refractivity contribution in [1.29, 1.82) is 0 Å². The molecule has 0 aliphatic rings. The zero-order valence-electron chi connectivity index (χ0n) is 10.8. The van der Waals surface area contributed by atoms with Gasteiger partial charge in [-0.2, -0.15) is 0 Å². The lowest BCUT2D eigenvalue weighted by molar-refractivity contribution is 0.317. The highest BCUT2D eigenvalue weighted by Gasteiger charge is 2.01. The topological polar surface area (TPSA) is 29.5 Å². The van der Waals surface area contributed by atoms with E-state index in [4.69, 9.17) is 4.74 Å². The number of phenols is 1. The van der Waals surface area contributed by atoms with Crippen LogP contribution in [0.15, 0.2) is 42.5 Å². The van der Waals surface area contributed by atoms with Gasteiger partial charge in [0.1, 0.15) is 11.5 Å². The van der Waals surface area contributed by atoms with E-state index in [1.807, 2.05) is 43.3 Å². The third-order valence-electron chi connectivity index (χ3n) is 2.86. The van der Waals surface area contributed by atoms with Crippen molar-refractivity contribution in [2.24, 2.45) is 0 Å². The van der Waals surface area contributed by atoms with Gasteiger partial charge in [-0.15, -0.1) is 0 Å². The number of aromatic hydroxyl groups is 1. The molecule has 0 aromatic heterocycles. The Kier molecular flexibility index (Phi) is 3.88. The van der Waals surface area contributed by atoms with Gasteiger partial charge in [-0.05, 0) is 54.3 Å². The van der Waals surface area contributed by atoms with E-state index >= 15 is 0 Å². The van der Waals surface area contributed by atoms with Gasteiger partial charge in [0.15, 0.2) is 0 Å². The minimum absolute atomic E-state index is 0.335. The average Bonchev–Trinajstić information content (AvgIpc) is 2.40. The molecular formula is C16H18O2. The Morgan fingerprint density at radius 2 is 1.67 bits per heavy atom. The third kappa shape index (κ3) is 2.83. The number of phenolic OH excluding ortho intramolecular Hbond substituents is 1. The summed E-state index contributed by atoms with van der Waals surface area (Å²) in [5, 5.41) is 9.51. The molecule has 0 aliphatic carbocycles. The Morgan fingerprint density at radius 3 is 2.28 bits per heavy atom. The first kappa shape index (κ1) is 12.5. The van der Waals surface area contributed by atoms with E-state index in [9.17, 15) is 5.11 Å². The lowest BCUT2D eigenvalue weighted by atomic mass is 10.0. The second-order valence-electron chi connectivity index (χ2n) is 4.37. The van der Waals surface area contributed by atoms with Crippen molar-refractivity contribution < 1.29 is 9.84 Å². The molecule has 2 nitrogen and oxygen atoms in total.